The van der Waals surface area contributed by atoms with Crippen molar-refractivity contribution in [2.24, 2.45) is 0 Å². The number of aryl methyl sites for hydroxylation is 2. The maximum Gasteiger partial charge on any atom is 0.166 e. The molecule has 20 heavy (non-hydrogen) atoms. The van der Waals surface area contributed by atoms with Crippen LogP contribution in [0.4, 0.5) is 0 Å². The minimum absolute atomic E-state index is 0.646. The normalized spacial score (nSPS) is 10.3. The van der Waals surface area contributed by atoms with Crippen molar-refractivity contribution >= 4 is 17.3 Å². The Morgan fingerprint density at radius 3 is 2.50 bits per heavy atom. The first-order valence-electron chi connectivity index (χ1n) is 6.77. The topological polar surface area (TPSA) is 41.9 Å². The van der Waals surface area contributed by atoms with E-state index in [1.54, 1.807) is 0 Å². The van der Waals surface area contributed by atoms with E-state index < -0.39 is 0 Å². The average Bonchev–Trinajstić information content (AvgIpc) is 2.92. The van der Waals surface area contributed by atoms with Crippen molar-refractivity contribution in [3.63, 3.8) is 0 Å². The molecular weight excluding hydrogens is 268 g/mol. The molecule has 0 saturated carbocycles. The van der Waals surface area contributed by atoms with Crippen molar-refractivity contribution in [3.05, 3.63) is 53.3 Å². The lowest BCUT2D eigenvalue weighted by atomic mass is 10.1. The van der Waals surface area contributed by atoms with E-state index in [1.165, 1.54) is 11.1 Å². The zero-order valence-corrected chi connectivity index (χ0v) is 12.7. The van der Waals surface area contributed by atoms with Crippen LogP contribution in [0.15, 0.2) is 36.5 Å². The molecule has 4 nitrogen and oxygen atoms in total. The molecule has 0 radical (unpaired) electrons. The van der Waals surface area contributed by atoms with Crippen molar-refractivity contribution in [3.8, 4) is 0 Å². The van der Waals surface area contributed by atoms with Crippen LogP contribution in [0.25, 0.3) is 0 Å². The summed E-state index contributed by atoms with van der Waals surface area (Å²) in [6.45, 7) is 6.41. The number of hydrogen-bond acceptors (Lipinski definition) is 2. The Bertz CT molecular complexity index is 560. The van der Waals surface area contributed by atoms with E-state index in [2.05, 4.69) is 53.8 Å². The van der Waals surface area contributed by atoms with E-state index in [0.717, 1.165) is 18.8 Å². The third-order valence-electron chi connectivity index (χ3n) is 3.02. The lowest BCUT2D eigenvalue weighted by Gasteiger charge is -2.09. The van der Waals surface area contributed by atoms with Gasteiger partial charge in [-0.05, 0) is 37.7 Å². The smallest absolute Gasteiger partial charge is 0.166 e. The van der Waals surface area contributed by atoms with Gasteiger partial charge in [-0.25, -0.2) is 0 Å². The largest absolute Gasteiger partial charge is 0.359 e. The van der Waals surface area contributed by atoms with Crippen LogP contribution in [0.1, 0.15) is 23.7 Å². The van der Waals surface area contributed by atoms with Gasteiger partial charge in [0.15, 0.2) is 5.11 Å². The van der Waals surface area contributed by atoms with E-state index >= 15 is 0 Å². The number of thiocarbonyl (C=S) groups is 1. The Morgan fingerprint density at radius 1 is 1.15 bits per heavy atom. The highest BCUT2D eigenvalue weighted by Gasteiger charge is 2.00. The monoisotopic (exact) mass is 288 g/mol. The molecule has 1 aromatic heterocycles. The van der Waals surface area contributed by atoms with E-state index in [-0.39, 0.29) is 0 Å². The zero-order valence-electron chi connectivity index (χ0n) is 11.9. The van der Waals surface area contributed by atoms with Crippen molar-refractivity contribution in [1.82, 2.24) is 20.4 Å². The van der Waals surface area contributed by atoms with Gasteiger partial charge >= 0.3 is 0 Å². The van der Waals surface area contributed by atoms with Crippen molar-refractivity contribution < 1.29 is 0 Å². The molecule has 0 saturated heterocycles. The minimum Gasteiger partial charge on any atom is -0.359 e. The van der Waals surface area contributed by atoms with Crippen LogP contribution in [-0.4, -0.2) is 14.9 Å². The summed E-state index contributed by atoms with van der Waals surface area (Å²) in [6, 6.07) is 10.4. The standard InChI is InChI=1S/C15H20N4S/c1-3-19-9-8-14(18-19)11-17-15(20)16-10-13-6-4-12(2)5-7-13/h4-9H,3,10-11H2,1-2H3,(H2,16,17,20). The summed E-state index contributed by atoms with van der Waals surface area (Å²) in [5.74, 6) is 0. The van der Waals surface area contributed by atoms with Crippen molar-refractivity contribution in [2.45, 2.75) is 33.5 Å². The summed E-state index contributed by atoms with van der Waals surface area (Å²) in [7, 11) is 0. The predicted molar refractivity (Wildman–Crippen MR) is 85.4 cm³/mol. The Labute approximate surface area is 125 Å². The second-order valence-electron chi connectivity index (χ2n) is 4.68. The van der Waals surface area contributed by atoms with E-state index in [0.29, 0.717) is 11.7 Å². The van der Waals surface area contributed by atoms with Crippen LogP contribution < -0.4 is 10.6 Å². The summed E-state index contributed by atoms with van der Waals surface area (Å²) in [5.41, 5.74) is 3.47. The molecule has 0 aliphatic carbocycles. The average molecular weight is 288 g/mol. The number of hydrogen-bond donors (Lipinski definition) is 2. The van der Waals surface area contributed by atoms with Gasteiger partial charge in [0.05, 0.1) is 12.2 Å². The highest BCUT2D eigenvalue weighted by Crippen LogP contribution is 2.02. The molecule has 2 rings (SSSR count). The van der Waals surface area contributed by atoms with E-state index in [4.69, 9.17) is 12.2 Å². The Hall–Kier alpha value is -1.88. The fraction of sp³-hybridized carbons (Fsp3) is 0.333. The molecule has 0 amide bonds. The summed E-state index contributed by atoms with van der Waals surface area (Å²) >= 11 is 5.26. The molecule has 2 N–H and O–H groups in total. The fourth-order valence-corrected chi connectivity index (χ4v) is 1.94. The molecule has 5 heteroatoms. The second-order valence-corrected chi connectivity index (χ2v) is 5.09. The van der Waals surface area contributed by atoms with Gasteiger partial charge in [-0.2, -0.15) is 5.10 Å². The maximum absolute atomic E-state index is 5.26. The Morgan fingerprint density at radius 2 is 1.85 bits per heavy atom. The summed E-state index contributed by atoms with van der Waals surface area (Å²) < 4.78 is 1.90. The van der Waals surface area contributed by atoms with Gasteiger partial charge in [0, 0.05) is 19.3 Å². The third-order valence-corrected chi connectivity index (χ3v) is 3.31. The third kappa shape index (κ3) is 4.35. The van der Waals surface area contributed by atoms with E-state index in [1.807, 2.05) is 16.9 Å². The Balaban J connectivity index is 1.74. The molecule has 0 aliphatic heterocycles. The molecule has 0 spiro atoms. The van der Waals surface area contributed by atoms with Crippen LogP contribution in [0.5, 0.6) is 0 Å². The first-order chi connectivity index (χ1) is 9.67. The van der Waals surface area contributed by atoms with Gasteiger partial charge in [0.25, 0.3) is 0 Å². The molecule has 1 aromatic carbocycles. The maximum atomic E-state index is 5.26. The van der Waals surface area contributed by atoms with Gasteiger partial charge in [-0.15, -0.1) is 0 Å². The summed E-state index contributed by atoms with van der Waals surface area (Å²) in [6.07, 6.45) is 1.97. The predicted octanol–water partition coefficient (Wildman–Crippen LogP) is 2.38. The van der Waals surface area contributed by atoms with Gasteiger partial charge in [-0.1, -0.05) is 29.8 Å². The quantitative estimate of drug-likeness (QED) is 0.829. The number of benzene rings is 1. The van der Waals surface area contributed by atoms with Crippen molar-refractivity contribution in [1.29, 1.82) is 0 Å². The molecule has 2 aromatic rings. The summed E-state index contributed by atoms with van der Waals surface area (Å²) in [5, 5.41) is 11.4. The van der Waals surface area contributed by atoms with Gasteiger partial charge < -0.3 is 10.6 Å². The Kier molecular flexibility index (Phi) is 5.12. The first kappa shape index (κ1) is 14.5. The zero-order chi connectivity index (χ0) is 14.4. The highest BCUT2D eigenvalue weighted by atomic mass is 32.1. The number of nitrogens with one attached hydrogen (secondary N) is 2. The number of nitrogens with zero attached hydrogens (tertiary/aromatic N) is 2. The van der Waals surface area contributed by atoms with Crippen LogP contribution in [-0.2, 0) is 19.6 Å². The van der Waals surface area contributed by atoms with Crippen molar-refractivity contribution in [2.75, 3.05) is 0 Å². The highest BCUT2D eigenvalue weighted by molar-refractivity contribution is 7.80. The molecule has 0 atom stereocenters. The SMILES string of the molecule is CCn1ccc(CNC(=S)NCc2ccc(C)cc2)n1. The molecule has 106 valence electrons. The molecule has 0 bridgehead atoms. The van der Waals surface area contributed by atoms with Crippen LogP contribution in [0.2, 0.25) is 0 Å². The molecular formula is C15H20N4S. The van der Waals surface area contributed by atoms with Gasteiger partial charge in [0.2, 0.25) is 0 Å². The number of aromatic nitrogens is 2. The summed E-state index contributed by atoms with van der Waals surface area (Å²) in [4.78, 5) is 0. The van der Waals surface area contributed by atoms with Gasteiger partial charge in [0.1, 0.15) is 0 Å². The van der Waals surface area contributed by atoms with Gasteiger partial charge in [-0.3, -0.25) is 4.68 Å². The second kappa shape index (κ2) is 7.05. The lowest BCUT2D eigenvalue weighted by molar-refractivity contribution is 0.642. The fourth-order valence-electron chi connectivity index (χ4n) is 1.80. The van der Waals surface area contributed by atoms with Crippen LogP contribution in [0.3, 0.4) is 0 Å². The van der Waals surface area contributed by atoms with E-state index in [9.17, 15) is 0 Å². The molecule has 0 aliphatic rings. The lowest BCUT2D eigenvalue weighted by Crippen LogP contribution is -2.34. The van der Waals surface area contributed by atoms with Crippen LogP contribution in [0, 0.1) is 6.92 Å². The molecule has 1 heterocycles. The molecule has 0 unspecified atom stereocenters. The number of rotatable bonds is 5. The first-order valence-corrected chi connectivity index (χ1v) is 7.18. The van der Waals surface area contributed by atoms with Crippen LogP contribution >= 0.6 is 12.2 Å². The minimum atomic E-state index is 0.646. The molecule has 0 fully saturated rings.